The van der Waals surface area contributed by atoms with E-state index in [2.05, 4.69) is 5.32 Å². The first-order valence-corrected chi connectivity index (χ1v) is 10.6. The van der Waals surface area contributed by atoms with Crippen molar-refractivity contribution in [2.24, 2.45) is 0 Å². The Morgan fingerprint density at radius 2 is 1.97 bits per heavy atom. The zero-order valence-electron chi connectivity index (χ0n) is 18.0. The minimum Gasteiger partial charge on any atom is -0.485 e. The number of carbonyl (C=O) groups excluding carboxylic acids is 3. The van der Waals surface area contributed by atoms with Crippen LogP contribution in [0.3, 0.4) is 0 Å². The van der Waals surface area contributed by atoms with Gasteiger partial charge in [0.2, 0.25) is 5.91 Å². The first-order chi connectivity index (χ1) is 15.0. The van der Waals surface area contributed by atoms with Gasteiger partial charge in [0.25, 0.3) is 5.91 Å². The number of anilines is 1. The number of amides is 2. The molecular formula is C24H28N2O5. The standard InChI is InChI=1S/C24H28N2O5/c1-3-17-8-5-6-9-21(17)30-15-20(27)18-11-12-22-19(14-18)26(24(29)16-31-22)13-7-10-23(28)25-4-2/h5-6,8-9,11-12,14H,3-4,7,10,13,15-16H2,1-2H3,(H,25,28). The number of nitrogens with zero attached hydrogens (tertiary/aromatic N) is 1. The Balaban J connectivity index is 1.69. The molecule has 0 radical (unpaired) electrons. The third-order valence-corrected chi connectivity index (χ3v) is 5.10. The summed E-state index contributed by atoms with van der Waals surface area (Å²) in [7, 11) is 0. The topological polar surface area (TPSA) is 84.9 Å². The predicted octanol–water partition coefficient (Wildman–Crippen LogP) is 3.15. The Kier molecular flexibility index (Phi) is 7.65. The van der Waals surface area contributed by atoms with Crippen LogP contribution in [0, 0.1) is 0 Å². The van der Waals surface area contributed by atoms with E-state index in [4.69, 9.17) is 9.47 Å². The normalized spacial score (nSPS) is 12.7. The second-order valence-corrected chi connectivity index (χ2v) is 7.25. The van der Waals surface area contributed by atoms with Gasteiger partial charge in [0.15, 0.2) is 19.0 Å². The zero-order valence-corrected chi connectivity index (χ0v) is 18.0. The lowest BCUT2D eigenvalue weighted by Gasteiger charge is -2.29. The van der Waals surface area contributed by atoms with Crippen molar-refractivity contribution in [1.82, 2.24) is 5.32 Å². The highest BCUT2D eigenvalue weighted by Gasteiger charge is 2.26. The molecule has 0 saturated carbocycles. The number of hydrogen-bond donors (Lipinski definition) is 1. The van der Waals surface area contributed by atoms with Crippen LogP contribution in [0.25, 0.3) is 0 Å². The first-order valence-electron chi connectivity index (χ1n) is 10.6. The number of rotatable bonds is 10. The average Bonchev–Trinajstić information content (AvgIpc) is 2.79. The molecule has 2 aromatic rings. The Labute approximate surface area is 182 Å². The molecule has 3 rings (SSSR count). The maximum absolute atomic E-state index is 12.7. The SMILES string of the molecule is CCNC(=O)CCCN1C(=O)COc2ccc(C(=O)COc3ccccc3CC)cc21. The number of aryl methyl sites for hydroxylation is 1. The number of ether oxygens (including phenoxy) is 2. The van der Waals surface area contributed by atoms with Crippen LogP contribution in [0.4, 0.5) is 5.69 Å². The van der Waals surface area contributed by atoms with Crippen molar-refractivity contribution in [3.8, 4) is 11.5 Å². The van der Waals surface area contributed by atoms with Crippen LogP contribution < -0.4 is 19.7 Å². The molecule has 0 spiro atoms. The predicted molar refractivity (Wildman–Crippen MR) is 118 cm³/mol. The van der Waals surface area contributed by atoms with Gasteiger partial charge in [-0.2, -0.15) is 0 Å². The van der Waals surface area contributed by atoms with E-state index < -0.39 is 0 Å². The summed E-state index contributed by atoms with van der Waals surface area (Å²) in [4.78, 5) is 38.4. The summed E-state index contributed by atoms with van der Waals surface area (Å²) in [5, 5.41) is 2.75. The number of fused-ring (bicyclic) bond motifs is 1. The van der Waals surface area contributed by atoms with Crippen molar-refractivity contribution in [1.29, 1.82) is 0 Å². The number of carbonyl (C=O) groups is 3. The fourth-order valence-corrected chi connectivity index (χ4v) is 3.47. The number of ketones is 1. The molecule has 2 amide bonds. The van der Waals surface area contributed by atoms with Gasteiger partial charge in [0.1, 0.15) is 11.5 Å². The van der Waals surface area contributed by atoms with Gasteiger partial charge >= 0.3 is 0 Å². The van der Waals surface area contributed by atoms with Crippen LogP contribution >= 0.6 is 0 Å². The molecule has 1 N–H and O–H groups in total. The largest absolute Gasteiger partial charge is 0.485 e. The van der Waals surface area contributed by atoms with E-state index in [1.807, 2.05) is 38.1 Å². The van der Waals surface area contributed by atoms with E-state index in [-0.39, 0.29) is 30.8 Å². The number of para-hydroxylation sites is 1. The highest BCUT2D eigenvalue weighted by molar-refractivity contribution is 6.02. The molecule has 7 heteroatoms. The van der Waals surface area contributed by atoms with E-state index in [9.17, 15) is 14.4 Å². The molecule has 7 nitrogen and oxygen atoms in total. The van der Waals surface area contributed by atoms with Gasteiger partial charge in [-0.15, -0.1) is 0 Å². The molecule has 1 aliphatic rings. The fraction of sp³-hybridized carbons (Fsp3) is 0.375. The van der Waals surface area contributed by atoms with Crippen LogP contribution in [0.5, 0.6) is 11.5 Å². The van der Waals surface area contributed by atoms with E-state index in [1.54, 1.807) is 23.1 Å². The van der Waals surface area contributed by atoms with E-state index in [0.717, 1.165) is 12.0 Å². The van der Waals surface area contributed by atoms with Crippen molar-refractivity contribution in [3.63, 3.8) is 0 Å². The zero-order chi connectivity index (χ0) is 22.2. The lowest BCUT2D eigenvalue weighted by molar-refractivity contribution is -0.122. The van der Waals surface area contributed by atoms with Crippen molar-refractivity contribution >= 4 is 23.3 Å². The monoisotopic (exact) mass is 424 g/mol. The summed E-state index contributed by atoms with van der Waals surface area (Å²) >= 11 is 0. The van der Waals surface area contributed by atoms with Gasteiger partial charge in [-0.3, -0.25) is 14.4 Å². The minimum absolute atomic E-state index is 0.0446. The van der Waals surface area contributed by atoms with Gasteiger partial charge in [0.05, 0.1) is 5.69 Å². The molecule has 0 atom stereocenters. The minimum atomic E-state index is -0.193. The molecule has 2 aromatic carbocycles. The number of Topliss-reactive ketones (excluding diaryl/α,β-unsaturated/α-hetero) is 1. The Hall–Kier alpha value is -3.35. The number of hydrogen-bond acceptors (Lipinski definition) is 5. The summed E-state index contributed by atoms with van der Waals surface area (Å²) in [6, 6.07) is 12.7. The molecule has 0 fully saturated rings. The van der Waals surface area contributed by atoms with Crippen molar-refractivity contribution in [3.05, 3.63) is 53.6 Å². The van der Waals surface area contributed by atoms with E-state index in [1.165, 1.54) is 0 Å². The summed E-state index contributed by atoms with van der Waals surface area (Å²) in [5.74, 6) is 0.820. The summed E-state index contributed by atoms with van der Waals surface area (Å²) < 4.78 is 11.3. The van der Waals surface area contributed by atoms with E-state index in [0.29, 0.717) is 48.7 Å². The Morgan fingerprint density at radius 1 is 1.16 bits per heavy atom. The van der Waals surface area contributed by atoms with Gasteiger partial charge in [-0.25, -0.2) is 0 Å². The third-order valence-electron chi connectivity index (χ3n) is 5.10. The molecule has 0 unspecified atom stereocenters. The molecule has 31 heavy (non-hydrogen) atoms. The van der Waals surface area contributed by atoms with E-state index >= 15 is 0 Å². The fourth-order valence-electron chi connectivity index (χ4n) is 3.47. The van der Waals surface area contributed by atoms with Crippen LogP contribution in [0.2, 0.25) is 0 Å². The smallest absolute Gasteiger partial charge is 0.265 e. The van der Waals surface area contributed by atoms with Gasteiger partial charge in [-0.05, 0) is 49.6 Å². The molecule has 1 aliphatic heterocycles. The highest BCUT2D eigenvalue weighted by Crippen LogP contribution is 2.33. The maximum atomic E-state index is 12.7. The average molecular weight is 424 g/mol. The lowest BCUT2D eigenvalue weighted by atomic mass is 10.1. The molecular weight excluding hydrogens is 396 g/mol. The molecule has 0 aliphatic carbocycles. The number of nitrogens with one attached hydrogen (secondary N) is 1. The van der Waals surface area contributed by atoms with Crippen LogP contribution in [-0.4, -0.2) is 43.9 Å². The molecule has 0 aromatic heterocycles. The molecule has 0 saturated heterocycles. The first kappa shape index (κ1) is 22.3. The third kappa shape index (κ3) is 5.63. The van der Waals surface area contributed by atoms with Crippen LogP contribution in [0.15, 0.2) is 42.5 Å². The van der Waals surface area contributed by atoms with Gasteiger partial charge < -0.3 is 19.7 Å². The van der Waals surface area contributed by atoms with Gasteiger partial charge in [0, 0.05) is 25.1 Å². The van der Waals surface area contributed by atoms with Gasteiger partial charge in [-0.1, -0.05) is 25.1 Å². The highest BCUT2D eigenvalue weighted by atomic mass is 16.5. The quantitative estimate of drug-likeness (QED) is 0.592. The lowest BCUT2D eigenvalue weighted by Crippen LogP contribution is -2.40. The summed E-state index contributed by atoms with van der Waals surface area (Å²) in [5.41, 5.74) is 2.03. The van der Waals surface area contributed by atoms with Crippen molar-refractivity contribution in [2.75, 3.05) is 31.2 Å². The second-order valence-electron chi connectivity index (χ2n) is 7.25. The summed E-state index contributed by atoms with van der Waals surface area (Å²) in [6.45, 7) is 4.70. The van der Waals surface area contributed by atoms with Crippen molar-refractivity contribution in [2.45, 2.75) is 33.1 Å². The molecule has 0 bridgehead atoms. The number of benzene rings is 2. The maximum Gasteiger partial charge on any atom is 0.265 e. The van der Waals surface area contributed by atoms with Crippen molar-refractivity contribution < 1.29 is 23.9 Å². The molecule has 164 valence electrons. The molecule has 1 heterocycles. The Bertz CT molecular complexity index is 957. The Morgan fingerprint density at radius 3 is 2.74 bits per heavy atom. The summed E-state index contributed by atoms with van der Waals surface area (Å²) in [6.07, 6.45) is 1.66. The van der Waals surface area contributed by atoms with Crippen LogP contribution in [0.1, 0.15) is 42.6 Å². The van der Waals surface area contributed by atoms with Crippen LogP contribution in [-0.2, 0) is 16.0 Å². The second kappa shape index (κ2) is 10.6.